The number of aliphatic carboxylic acids is 1. The van der Waals surface area contributed by atoms with Crippen LogP contribution < -0.4 is 4.74 Å². The van der Waals surface area contributed by atoms with Crippen LogP contribution in [0.15, 0.2) is 83.3 Å². The molecule has 3 aromatic carbocycles. The Kier molecular flexibility index (Phi) is 6.30. The van der Waals surface area contributed by atoms with Crippen molar-refractivity contribution < 1.29 is 23.8 Å². The van der Waals surface area contributed by atoms with Gasteiger partial charge in [-0.3, -0.25) is 4.79 Å². The molecule has 7 heteroatoms. The number of oxazole rings is 1. The molecule has 35 heavy (non-hydrogen) atoms. The summed E-state index contributed by atoms with van der Waals surface area (Å²) in [5.74, 6) is 0.626. The number of carboxylic acid groups (broad SMARTS) is 1. The molecule has 0 saturated carbocycles. The number of rotatable bonds is 9. The van der Waals surface area contributed by atoms with Crippen molar-refractivity contribution in [3.8, 4) is 28.3 Å². The van der Waals surface area contributed by atoms with Gasteiger partial charge in [0.25, 0.3) is 0 Å². The number of hydrogen-bond donors (Lipinski definition) is 1. The number of hydrogen-bond acceptors (Lipinski definition) is 5. The van der Waals surface area contributed by atoms with Gasteiger partial charge in [-0.15, -0.1) is 0 Å². The number of carboxylic acids is 1. The second kappa shape index (κ2) is 9.85. The molecule has 0 spiro atoms. The lowest BCUT2D eigenvalue weighted by atomic mass is 10.1. The molecule has 1 unspecified atom stereocenters. The molecule has 1 aromatic heterocycles. The zero-order valence-corrected chi connectivity index (χ0v) is 19.0. The minimum absolute atomic E-state index is 0.178. The van der Waals surface area contributed by atoms with Gasteiger partial charge >= 0.3 is 5.97 Å². The number of nitrogens with zero attached hydrogens (tertiary/aromatic N) is 2. The Bertz CT molecular complexity index is 1280. The second-order valence-corrected chi connectivity index (χ2v) is 8.36. The normalized spacial score (nSPS) is 14.3. The first-order chi connectivity index (χ1) is 17.1. The first-order valence-electron chi connectivity index (χ1n) is 11.4. The van der Waals surface area contributed by atoms with E-state index >= 15 is 0 Å². The van der Waals surface area contributed by atoms with Crippen LogP contribution in [0.2, 0.25) is 0 Å². The molecule has 1 aliphatic carbocycles. The van der Waals surface area contributed by atoms with Gasteiger partial charge in [-0.2, -0.15) is 0 Å². The Morgan fingerprint density at radius 3 is 2.43 bits per heavy atom. The van der Waals surface area contributed by atoms with Crippen LogP contribution >= 0.6 is 0 Å². The van der Waals surface area contributed by atoms with Crippen LogP contribution in [0.25, 0.3) is 22.6 Å². The van der Waals surface area contributed by atoms with E-state index in [1.165, 1.54) is 0 Å². The fourth-order valence-corrected chi connectivity index (χ4v) is 4.60. The van der Waals surface area contributed by atoms with E-state index < -0.39 is 12.6 Å². The van der Waals surface area contributed by atoms with Gasteiger partial charge in [0.05, 0.1) is 12.6 Å². The maximum Gasteiger partial charge on any atom is 0.341 e. The van der Waals surface area contributed by atoms with Crippen LogP contribution in [0, 0.1) is 0 Å². The maximum atomic E-state index is 12.2. The Labute approximate surface area is 202 Å². The van der Waals surface area contributed by atoms with Gasteiger partial charge in [-0.1, -0.05) is 72.8 Å². The SMILES string of the molecule is O=CN(Cc1nc(-c2ccccc2)c(-c2ccccc2)o1)C1CCc2c(OCC(=O)O)cccc21. The highest BCUT2D eigenvalue weighted by molar-refractivity contribution is 5.76. The Balaban J connectivity index is 1.45. The molecule has 5 rings (SSSR count). The minimum Gasteiger partial charge on any atom is -0.482 e. The van der Waals surface area contributed by atoms with E-state index in [2.05, 4.69) is 0 Å². The highest BCUT2D eigenvalue weighted by Gasteiger charge is 2.31. The number of carbonyl (C=O) groups excluding carboxylic acids is 1. The third-order valence-corrected chi connectivity index (χ3v) is 6.16. The van der Waals surface area contributed by atoms with Crippen LogP contribution in [-0.4, -0.2) is 34.0 Å². The fourth-order valence-electron chi connectivity index (χ4n) is 4.60. The van der Waals surface area contributed by atoms with Gasteiger partial charge in [-0.05, 0) is 30.0 Å². The standard InChI is InChI=1S/C28H24N2O5/c31-18-30(23-15-14-22-21(23)12-7-13-24(22)34-17-26(32)33)16-25-29-27(19-8-3-1-4-9-19)28(35-25)20-10-5-2-6-11-20/h1-13,18,23H,14-17H2,(H,32,33). The third-order valence-electron chi connectivity index (χ3n) is 6.16. The van der Waals surface area contributed by atoms with E-state index in [1.54, 1.807) is 11.0 Å². The van der Waals surface area contributed by atoms with Crippen LogP contribution in [0.3, 0.4) is 0 Å². The summed E-state index contributed by atoms with van der Waals surface area (Å²) in [4.78, 5) is 29.6. The molecule has 1 aliphatic rings. The van der Waals surface area contributed by atoms with Crippen molar-refractivity contribution in [1.29, 1.82) is 0 Å². The van der Waals surface area contributed by atoms with Crippen molar-refractivity contribution in [2.45, 2.75) is 25.4 Å². The maximum absolute atomic E-state index is 12.2. The summed E-state index contributed by atoms with van der Waals surface area (Å²) in [7, 11) is 0. The molecule has 7 nitrogen and oxygen atoms in total. The monoisotopic (exact) mass is 468 g/mol. The van der Waals surface area contributed by atoms with Gasteiger partial charge in [0.1, 0.15) is 11.4 Å². The van der Waals surface area contributed by atoms with Crippen molar-refractivity contribution in [1.82, 2.24) is 9.88 Å². The number of fused-ring (bicyclic) bond motifs is 1. The predicted molar refractivity (Wildman–Crippen MR) is 130 cm³/mol. The molecule has 0 saturated heterocycles. The first kappa shape index (κ1) is 22.4. The lowest BCUT2D eigenvalue weighted by molar-refractivity contribution is -0.139. The Hall–Kier alpha value is -4.39. The molecule has 0 fully saturated rings. The molecule has 0 bridgehead atoms. The van der Waals surface area contributed by atoms with Crippen molar-refractivity contribution in [2.75, 3.05) is 6.61 Å². The summed E-state index contributed by atoms with van der Waals surface area (Å²) in [6.45, 7) is -0.195. The summed E-state index contributed by atoms with van der Waals surface area (Å²) in [5, 5.41) is 8.96. The Morgan fingerprint density at radius 1 is 1.03 bits per heavy atom. The molecule has 176 valence electrons. The summed E-state index contributed by atoms with van der Waals surface area (Å²) >= 11 is 0. The molecular weight excluding hydrogens is 444 g/mol. The minimum atomic E-state index is -1.03. The number of benzene rings is 3. The van der Waals surface area contributed by atoms with Crippen LogP contribution in [-0.2, 0) is 22.6 Å². The fraction of sp³-hybridized carbons (Fsp3) is 0.179. The number of aromatic nitrogens is 1. The molecule has 1 atom stereocenters. The van der Waals surface area contributed by atoms with Crippen molar-refractivity contribution in [3.05, 3.63) is 95.9 Å². The van der Waals surface area contributed by atoms with Gasteiger partial charge in [0.15, 0.2) is 12.4 Å². The predicted octanol–water partition coefficient (Wildman–Crippen LogP) is 5.12. The molecule has 1 N–H and O–H groups in total. The molecule has 0 radical (unpaired) electrons. The number of amides is 1. The zero-order valence-electron chi connectivity index (χ0n) is 19.0. The van der Waals surface area contributed by atoms with Crippen molar-refractivity contribution in [3.63, 3.8) is 0 Å². The molecule has 1 heterocycles. The number of carbonyl (C=O) groups is 2. The first-order valence-corrected chi connectivity index (χ1v) is 11.4. The highest BCUT2D eigenvalue weighted by Crippen LogP contribution is 2.41. The van der Waals surface area contributed by atoms with Gasteiger partial charge in [0, 0.05) is 11.1 Å². The molecule has 0 aliphatic heterocycles. The lowest BCUT2D eigenvalue weighted by Crippen LogP contribution is -2.25. The van der Waals surface area contributed by atoms with E-state index in [0.29, 0.717) is 30.2 Å². The van der Waals surface area contributed by atoms with Crippen molar-refractivity contribution in [2.24, 2.45) is 0 Å². The highest BCUT2D eigenvalue weighted by atomic mass is 16.5. The smallest absolute Gasteiger partial charge is 0.341 e. The van der Waals surface area contributed by atoms with Gasteiger partial charge < -0.3 is 19.2 Å². The van der Waals surface area contributed by atoms with E-state index in [-0.39, 0.29) is 12.6 Å². The number of ether oxygens (including phenoxy) is 1. The van der Waals surface area contributed by atoms with E-state index in [9.17, 15) is 9.59 Å². The van der Waals surface area contributed by atoms with E-state index in [4.69, 9.17) is 19.2 Å². The van der Waals surface area contributed by atoms with Gasteiger partial charge in [-0.25, -0.2) is 9.78 Å². The Morgan fingerprint density at radius 2 is 1.74 bits per heavy atom. The van der Waals surface area contributed by atoms with Crippen molar-refractivity contribution >= 4 is 12.4 Å². The summed E-state index contributed by atoms with van der Waals surface area (Å²) < 4.78 is 11.7. The van der Waals surface area contributed by atoms with E-state index in [0.717, 1.165) is 34.4 Å². The van der Waals surface area contributed by atoms with E-state index in [1.807, 2.05) is 72.8 Å². The summed E-state index contributed by atoms with van der Waals surface area (Å²) in [6.07, 6.45) is 2.22. The van der Waals surface area contributed by atoms with Crippen LogP contribution in [0.4, 0.5) is 0 Å². The average molecular weight is 469 g/mol. The topological polar surface area (TPSA) is 92.9 Å². The van der Waals surface area contributed by atoms with Crippen LogP contribution in [0.5, 0.6) is 5.75 Å². The quantitative estimate of drug-likeness (QED) is 0.343. The summed E-state index contributed by atoms with van der Waals surface area (Å²) in [5.41, 5.74) is 4.47. The average Bonchev–Trinajstić information content (AvgIpc) is 3.52. The van der Waals surface area contributed by atoms with Crippen LogP contribution in [0.1, 0.15) is 29.5 Å². The van der Waals surface area contributed by atoms with Gasteiger partial charge in [0.2, 0.25) is 12.3 Å². The zero-order chi connectivity index (χ0) is 24.2. The summed E-state index contributed by atoms with van der Waals surface area (Å²) in [6, 6.07) is 25.0. The third kappa shape index (κ3) is 4.66. The molecule has 1 amide bonds. The lowest BCUT2D eigenvalue weighted by Gasteiger charge is -2.24. The second-order valence-electron chi connectivity index (χ2n) is 8.36. The molecular formula is C28H24N2O5. The molecule has 4 aromatic rings. The largest absolute Gasteiger partial charge is 0.482 e.